The maximum atomic E-state index is 12.0. The van der Waals surface area contributed by atoms with Crippen LogP contribution in [0.2, 0.25) is 0 Å². The molecule has 0 spiro atoms. The Morgan fingerprint density at radius 2 is 1.90 bits per heavy atom. The summed E-state index contributed by atoms with van der Waals surface area (Å²) in [4.78, 5) is 20.4. The molecule has 1 aliphatic heterocycles. The van der Waals surface area contributed by atoms with Gasteiger partial charge in [-0.05, 0) is 6.42 Å². The summed E-state index contributed by atoms with van der Waals surface area (Å²) in [5, 5.41) is 2.67. The number of sulfone groups is 1. The topological polar surface area (TPSA) is 89.0 Å². The van der Waals surface area contributed by atoms with Gasteiger partial charge in [0.2, 0.25) is 5.91 Å². The summed E-state index contributed by atoms with van der Waals surface area (Å²) in [6.45, 7) is 6.01. The second kappa shape index (κ2) is 5.12. The number of hydrogen-bond acceptors (Lipinski definition) is 5. The quantitative estimate of drug-likeness (QED) is 0.884. The Morgan fingerprint density at radius 3 is 2.35 bits per heavy atom. The molecule has 1 atom stereocenters. The molecule has 1 amide bonds. The van der Waals surface area contributed by atoms with Crippen LogP contribution in [-0.4, -0.2) is 35.8 Å². The smallest absolute Gasteiger partial charge is 0.228 e. The number of nitrogens with one attached hydrogen (secondary N) is 1. The van der Waals surface area contributed by atoms with Crippen molar-refractivity contribution in [2.75, 3.05) is 16.8 Å². The highest BCUT2D eigenvalue weighted by Gasteiger charge is 2.33. The first-order valence-corrected chi connectivity index (χ1v) is 8.33. The molecule has 1 N–H and O–H groups in total. The lowest BCUT2D eigenvalue weighted by Crippen LogP contribution is -2.24. The predicted octanol–water partition coefficient (Wildman–Crippen LogP) is 1.15. The van der Waals surface area contributed by atoms with Gasteiger partial charge >= 0.3 is 0 Å². The van der Waals surface area contributed by atoms with E-state index < -0.39 is 15.8 Å². The van der Waals surface area contributed by atoms with Gasteiger partial charge in [0.1, 0.15) is 5.82 Å². The Labute approximate surface area is 118 Å². The van der Waals surface area contributed by atoms with Crippen molar-refractivity contribution in [1.29, 1.82) is 0 Å². The first-order valence-electron chi connectivity index (χ1n) is 6.51. The molecule has 1 saturated heterocycles. The van der Waals surface area contributed by atoms with E-state index in [4.69, 9.17) is 0 Å². The summed E-state index contributed by atoms with van der Waals surface area (Å²) in [6.07, 6.45) is 3.49. The van der Waals surface area contributed by atoms with Crippen LogP contribution < -0.4 is 5.32 Å². The second-order valence-corrected chi connectivity index (χ2v) is 8.36. The standard InChI is InChI=1S/C13H19N3O3S/c1-13(2,3)12-14-6-10(7-15-12)16-11(17)9-4-5-20(18,19)8-9/h6-7,9H,4-5,8H2,1-3H3,(H,16,17). The molecule has 7 heteroatoms. The van der Waals surface area contributed by atoms with Gasteiger partial charge in [0.25, 0.3) is 0 Å². The van der Waals surface area contributed by atoms with Crippen LogP contribution in [0.4, 0.5) is 5.69 Å². The molecule has 0 aromatic carbocycles. The summed E-state index contributed by atoms with van der Waals surface area (Å²) in [5.74, 6) is -0.0379. The Morgan fingerprint density at radius 1 is 1.30 bits per heavy atom. The van der Waals surface area contributed by atoms with E-state index in [9.17, 15) is 13.2 Å². The van der Waals surface area contributed by atoms with Crippen LogP contribution in [0.25, 0.3) is 0 Å². The largest absolute Gasteiger partial charge is 0.323 e. The van der Waals surface area contributed by atoms with Gasteiger partial charge in [0.05, 0.1) is 35.5 Å². The zero-order valence-corrected chi connectivity index (χ0v) is 12.7. The van der Waals surface area contributed by atoms with Crippen LogP contribution in [0, 0.1) is 5.92 Å². The van der Waals surface area contributed by atoms with Crippen molar-refractivity contribution in [2.45, 2.75) is 32.6 Å². The fraction of sp³-hybridized carbons (Fsp3) is 0.615. The number of aromatic nitrogens is 2. The van der Waals surface area contributed by atoms with E-state index >= 15 is 0 Å². The van der Waals surface area contributed by atoms with E-state index in [1.165, 1.54) is 0 Å². The van der Waals surface area contributed by atoms with E-state index in [-0.39, 0.29) is 22.8 Å². The Hall–Kier alpha value is -1.50. The molecule has 1 fully saturated rings. The average molecular weight is 297 g/mol. The molecular weight excluding hydrogens is 278 g/mol. The van der Waals surface area contributed by atoms with Gasteiger partial charge < -0.3 is 5.32 Å². The van der Waals surface area contributed by atoms with E-state index in [2.05, 4.69) is 15.3 Å². The van der Waals surface area contributed by atoms with Crippen LogP contribution in [0.5, 0.6) is 0 Å². The molecule has 0 saturated carbocycles. The van der Waals surface area contributed by atoms with Crippen LogP contribution in [-0.2, 0) is 20.0 Å². The average Bonchev–Trinajstić information content (AvgIpc) is 2.69. The highest BCUT2D eigenvalue weighted by atomic mass is 32.2. The predicted molar refractivity (Wildman–Crippen MR) is 76.1 cm³/mol. The number of rotatable bonds is 2. The van der Waals surface area contributed by atoms with E-state index in [1.807, 2.05) is 20.8 Å². The van der Waals surface area contributed by atoms with Gasteiger partial charge in [0, 0.05) is 5.41 Å². The third kappa shape index (κ3) is 3.53. The maximum absolute atomic E-state index is 12.0. The summed E-state index contributed by atoms with van der Waals surface area (Å²) in [7, 11) is -3.05. The molecule has 1 unspecified atom stereocenters. The van der Waals surface area contributed by atoms with Crippen molar-refractivity contribution < 1.29 is 13.2 Å². The zero-order chi connectivity index (χ0) is 15.0. The first-order chi connectivity index (χ1) is 9.17. The number of carbonyl (C=O) groups is 1. The van der Waals surface area contributed by atoms with Crippen LogP contribution in [0.3, 0.4) is 0 Å². The minimum atomic E-state index is -3.05. The van der Waals surface area contributed by atoms with Crippen molar-refractivity contribution in [3.05, 3.63) is 18.2 Å². The maximum Gasteiger partial charge on any atom is 0.228 e. The van der Waals surface area contributed by atoms with Crippen LogP contribution in [0.1, 0.15) is 33.0 Å². The molecule has 1 aromatic heterocycles. The molecule has 0 bridgehead atoms. The van der Waals surface area contributed by atoms with Crippen molar-refractivity contribution in [3.8, 4) is 0 Å². The van der Waals surface area contributed by atoms with Crippen LogP contribution in [0.15, 0.2) is 12.4 Å². The number of nitrogens with zero attached hydrogens (tertiary/aromatic N) is 2. The van der Waals surface area contributed by atoms with E-state index in [0.29, 0.717) is 17.9 Å². The summed E-state index contributed by atoms with van der Waals surface area (Å²) >= 11 is 0. The van der Waals surface area contributed by atoms with E-state index in [0.717, 1.165) is 0 Å². The summed E-state index contributed by atoms with van der Waals surface area (Å²) < 4.78 is 22.7. The minimum absolute atomic E-state index is 0.0697. The van der Waals surface area contributed by atoms with Crippen molar-refractivity contribution in [2.24, 2.45) is 5.92 Å². The molecule has 1 aromatic rings. The van der Waals surface area contributed by atoms with Crippen LogP contribution >= 0.6 is 0 Å². The third-order valence-corrected chi connectivity index (χ3v) is 4.96. The van der Waals surface area contributed by atoms with Gasteiger partial charge in [-0.1, -0.05) is 20.8 Å². The lowest BCUT2D eigenvalue weighted by atomic mass is 9.96. The van der Waals surface area contributed by atoms with Crippen molar-refractivity contribution >= 4 is 21.4 Å². The summed E-state index contributed by atoms with van der Waals surface area (Å²) in [6, 6.07) is 0. The Kier molecular flexibility index (Phi) is 3.82. The molecule has 20 heavy (non-hydrogen) atoms. The molecular formula is C13H19N3O3S. The molecule has 6 nitrogen and oxygen atoms in total. The first kappa shape index (κ1) is 14.9. The highest BCUT2D eigenvalue weighted by molar-refractivity contribution is 7.91. The number of hydrogen-bond donors (Lipinski definition) is 1. The zero-order valence-electron chi connectivity index (χ0n) is 11.9. The number of anilines is 1. The molecule has 110 valence electrons. The van der Waals surface area contributed by atoms with Crippen molar-refractivity contribution in [1.82, 2.24) is 9.97 Å². The van der Waals surface area contributed by atoms with Gasteiger partial charge in [-0.25, -0.2) is 18.4 Å². The Balaban J connectivity index is 2.02. The SMILES string of the molecule is CC(C)(C)c1ncc(NC(=O)C2CCS(=O)(=O)C2)cn1. The summed E-state index contributed by atoms with van der Waals surface area (Å²) in [5.41, 5.74) is 0.342. The lowest BCUT2D eigenvalue weighted by Gasteiger charge is -2.16. The van der Waals surface area contributed by atoms with Crippen molar-refractivity contribution in [3.63, 3.8) is 0 Å². The van der Waals surface area contributed by atoms with Gasteiger partial charge in [-0.2, -0.15) is 0 Å². The third-order valence-electron chi connectivity index (χ3n) is 3.19. The molecule has 0 radical (unpaired) electrons. The molecule has 2 heterocycles. The normalized spacial score (nSPS) is 21.6. The fourth-order valence-corrected chi connectivity index (χ4v) is 3.77. The second-order valence-electron chi connectivity index (χ2n) is 6.13. The molecule has 1 aliphatic rings. The fourth-order valence-electron chi connectivity index (χ4n) is 2.03. The number of carbonyl (C=O) groups excluding carboxylic acids is 1. The molecule has 0 aliphatic carbocycles. The molecule has 2 rings (SSSR count). The highest BCUT2D eigenvalue weighted by Crippen LogP contribution is 2.21. The van der Waals surface area contributed by atoms with Gasteiger partial charge in [-0.15, -0.1) is 0 Å². The Bertz CT molecular complexity index is 603. The number of amides is 1. The lowest BCUT2D eigenvalue weighted by molar-refractivity contribution is -0.119. The van der Waals surface area contributed by atoms with Gasteiger partial charge in [-0.3, -0.25) is 4.79 Å². The van der Waals surface area contributed by atoms with E-state index in [1.54, 1.807) is 12.4 Å². The monoisotopic (exact) mass is 297 g/mol. The minimum Gasteiger partial charge on any atom is -0.323 e. The van der Waals surface area contributed by atoms with Gasteiger partial charge in [0.15, 0.2) is 9.84 Å².